The van der Waals surface area contributed by atoms with Crippen LogP contribution in [0.5, 0.6) is 0 Å². The van der Waals surface area contributed by atoms with Crippen molar-refractivity contribution < 1.29 is 28.5 Å². The number of ether oxygens (including phenoxy) is 4. The van der Waals surface area contributed by atoms with Gasteiger partial charge in [-0.1, -0.05) is 49.2 Å². The lowest BCUT2D eigenvalue weighted by Gasteiger charge is -2.32. The molecule has 0 amide bonds. The normalized spacial score (nSPS) is 18.2. The van der Waals surface area contributed by atoms with E-state index in [1.54, 1.807) is 25.1 Å². The minimum absolute atomic E-state index is 0.0119. The van der Waals surface area contributed by atoms with Gasteiger partial charge in [0, 0.05) is 18.2 Å². The number of methoxy groups -OCH3 is 1. The molecule has 0 aromatic heterocycles. The number of benzene rings is 1. The summed E-state index contributed by atoms with van der Waals surface area (Å²) in [7, 11) is 1.28. The van der Waals surface area contributed by atoms with Crippen LogP contribution in [0.3, 0.4) is 0 Å². The average molecular weight is 515 g/mol. The smallest absolute Gasteiger partial charge is 0.336 e. The maximum atomic E-state index is 13.4. The van der Waals surface area contributed by atoms with Gasteiger partial charge < -0.3 is 24.7 Å². The van der Waals surface area contributed by atoms with Crippen molar-refractivity contribution in [3.05, 3.63) is 45.1 Å². The van der Waals surface area contributed by atoms with Crippen LogP contribution in [-0.2, 0) is 28.5 Å². The van der Waals surface area contributed by atoms with E-state index in [0.717, 1.165) is 0 Å². The molecule has 0 saturated heterocycles. The Labute approximate surface area is 210 Å². The Hall–Kier alpha value is -1.97. The van der Waals surface area contributed by atoms with Gasteiger partial charge in [-0.05, 0) is 24.5 Å². The van der Waals surface area contributed by atoms with Gasteiger partial charge in [0.05, 0.1) is 61.5 Å². The molecule has 0 bridgehead atoms. The summed E-state index contributed by atoms with van der Waals surface area (Å²) in [5.41, 5.74) is 6.92. The fraction of sp³-hybridized carbons (Fsp3) is 0.542. The molecule has 2 N–H and O–H groups in total. The highest BCUT2D eigenvalue weighted by atomic mass is 35.5. The predicted octanol–water partition coefficient (Wildman–Crippen LogP) is 3.79. The van der Waals surface area contributed by atoms with E-state index >= 15 is 0 Å². The minimum Gasteiger partial charge on any atom is -0.468 e. The molecule has 1 aliphatic heterocycles. The van der Waals surface area contributed by atoms with Crippen molar-refractivity contribution in [2.75, 3.05) is 46.7 Å². The molecule has 0 spiro atoms. The van der Waals surface area contributed by atoms with Crippen molar-refractivity contribution in [2.24, 2.45) is 22.6 Å². The van der Waals surface area contributed by atoms with Crippen LogP contribution in [0.4, 0.5) is 0 Å². The molecule has 2 atom stereocenters. The molecule has 10 heteroatoms. The summed E-state index contributed by atoms with van der Waals surface area (Å²) in [5, 5.41) is 0.537. The first-order valence-corrected chi connectivity index (χ1v) is 11.8. The Morgan fingerprint density at radius 1 is 1.15 bits per heavy atom. The zero-order valence-electron chi connectivity index (χ0n) is 19.9. The van der Waals surface area contributed by atoms with Gasteiger partial charge >= 0.3 is 11.9 Å². The molecule has 188 valence electrons. The Morgan fingerprint density at radius 3 is 2.50 bits per heavy atom. The maximum Gasteiger partial charge on any atom is 0.336 e. The van der Waals surface area contributed by atoms with E-state index in [1.165, 1.54) is 7.11 Å². The first kappa shape index (κ1) is 28.3. The van der Waals surface area contributed by atoms with Crippen LogP contribution in [-0.4, -0.2) is 64.3 Å². The molecule has 0 radical (unpaired) electrons. The van der Waals surface area contributed by atoms with E-state index in [1.807, 2.05) is 13.8 Å². The van der Waals surface area contributed by atoms with Crippen molar-refractivity contribution >= 4 is 40.9 Å². The van der Waals surface area contributed by atoms with Gasteiger partial charge in [0.15, 0.2) is 0 Å². The van der Waals surface area contributed by atoms with Crippen LogP contribution < -0.4 is 5.73 Å². The van der Waals surface area contributed by atoms with Crippen molar-refractivity contribution in [1.82, 2.24) is 0 Å². The standard InChI is InChI=1S/C24H32Cl2N2O6/c1-14(2)12-34-24(30)21-18(13-33-11-10-32-9-8-27)28-15(3)19(23(29)31-4)20(21)16-6-5-7-17(25)22(16)26/h5-7,14,19-20H,8-13,27H2,1-4H3. The number of hydrogen-bond acceptors (Lipinski definition) is 8. The summed E-state index contributed by atoms with van der Waals surface area (Å²) in [5.74, 6) is -2.74. The Kier molecular flexibility index (Phi) is 11.5. The highest BCUT2D eigenvalue weighted by Crippen LogP contribution is 2.44. The molecule has 8 nitrogen and oxygen atoms in total. The number of halogens is 2. The van der Waals surface area contributed by atoms with Gasteiger partial charge in [0.2, 0.25) is 0 Å². The van der Waals surface area contributed by atoms with Crippen LogP contribution in [0.1, 0.15) is 32.3 Å². The van der Waals surface area contributed by atoms with Crippen molar-refractivity contribution in [2.45, 2.75) is 26.7 Å². The van der Waals surface area contributed by atoms with Crippen LogP contribution in [0.15, 0.2) is 34.5 Å². The fourth-order valence-electron chi connectivity index (χ4n) is 3.61. The highest BCUT2D eigenvalue weighted by Gasteiger charge is 2.44. The largest absolute Gasteiger partial charge is 0.468 e. The first-order valence-electron chi connectivity index (χ1n) is 11.1. The van der Waals surface area contributed by atoms with Crippen LogP contribution in [0.2, 0.25) is 10.0 Å². The van der Waals surface area contributed by atoms with Gasteiger partial charge in [0.25, 0.3) is 0 Å². The fourth-order valence-corrected chi connectivity index (χ4v) is 4.03. The van der Waals surface area contributed by atoms with Crippen LogP contribution >= 0.6 is 23.2 Å². The zero-order chi connectivity index (χ0) is 25.3. The molecule has 2 rings (SSSR count). The summed E-state index contributed by atoms with van der Waals surface area (Å²) in [6, 6.07) is 5.07. The molecule has 2 unspecified atom stereocenters. The Morgan fingerprint density at radius 2 is 1.85 bits per heavy atom. The molecule has 34 heavy (non-hydrogen) atoms. The van der Waals surface area contributed by atoms with E-state index < -0.39 is 23.8 Å². The first-order chi connectivity index (χ1) is 16.2. The lowest BCUT2D eigenvalue weighted by atomic mass is 9.75. The second-order valence-electron chi connectivity index (χ2n) is 8.18. The lowest BCUT2D eigenvalue weighted by molar-refractivity contribution is -0.144. The molecular formula is C24H32Cl2N2O6. The van der Waals surface area contributed by atoms with Gasteiger partial charge in [-0.2, -0.15) is 0 Å². The third kappa shape index (κ3) is 7.26. The van der Waals surface area contributed by atoms with Gasteiger partial charge in [0.1, 0.15) is 5.92 Å². The van der Waals surface area contributed by atoms with E-state index in [2.05, 4.69) is 4.99 Å². The Balaban J connectivity index is 2.55. The van der Waals surface area contributed by atoms with Gasteiger partial charge in [-0.3, -0.25) is 9.79 Å². The third-order valence-electron chi connectivity index (χ3n) is 5.13. The number of esters is 2. The summed E-state index contributed by atoms with van der Waals surface area (Å²) in [6.45, 7) is 7.22. The summed E-state index contributed by atoms with van der Waals surface area (Å²) >= 11 is 12.8. The van der Waals surface area contributed by atoms with Gasteiger partial charge in [-0.25, -0.2) is 4.79 Å². The molecule has 1 heterocycles. The maximum absolute atomic E-state index is 13.4. The van der Waals surface area contributed by atoms with E-state index in [-0.39, 0.29) is 36.3 Å². The van der Waals surface area contributed by atoms with Crippen LogP contribution in [0.25, 0.3) is 0 Å². The molecule has 0 saturated carbocycles. The van der Waals surface area contributed by atoms with E-state index in [0.29, 0.717) is 41.8 Å². The second kappa shape index (κ2) is 13.8. The van der Waals surface area contributed by atoms with E-state index in [4.69, 9.17) is 47.9 Å². The van der Waals surface area contributed by atoms with Gasteiger partial charge in [-0.15, -0.1) is 0 Å². The van der Waals surface area contributed by atoms with Crippen molar-refractivity contribution in [3.8, 4) is 0 Å². The molecular weight excluding hydrogens is 483 g/mol. The van der Waals surface area contributed by atoms with Crippen molar-refractivity contribution in [3.63, 3.8) is 0 Å². The number of aliphatic imine (C=N–C) groups is 1. The molecule has 1 aliphatic rings. The summed E-state index contributed by atoms with van der Waals surface area (Å²) in [4.78, 5) is 30.8. The second-order valence-corrected chi connectivity index (χ2v) is 8.97. The number of carbonyl (C=O) groups is 2. The molecule has 1 aromatic rings. The number of nitrogens with zero attached hydrogens (tertiary/aromatic N) is 1. The highest BCUT2D eigenvalue weighted by molar-refractivity contribution is 6.42. The zero-order valence-corrected chi connectivity index (χ0v) is 21.4. The third-order valence-corrected chi connectivity index (χ3v) is 5.96. The lowest BCUT2D eigenvalue weighted by Crippen LogP contribution is -2.37. The number of carbonyl (C=O) groups excluding carboxylic acids is 2. The minimum atomic E-state index is -0.890. The molecule has 0 aliphatic carbocycles. The SMILES string of the molecule is COC(=O)C1C(C)=NC(COCCOCCN)=C(C(=O)OCC(C)C)C1c1cccc(Cl)c1Cl. The Bertz CT molecular complexity index is 932. The topological polar surface area (TPSA) is 109 Å². The number of rotatable bonds is 12. The van der Waals surface area contributed by atoms with E-state index in [9.17, 15) is 9.59 Å². The summed E-state index contributed by atoms with van der Waals surface area (Å²) in [6.07, 6.45) is 0. The predicted molar refractivity (Wildman–Crippen MR) is 131 cm³/mol. The summed E-state index contributed by atoms with van der Waals surface area (Å²) < 4.78 is 21.7. The molecule has 0 fully saturated rings. The monoisotopic (exact) mass is 514 g/mol. The number of hydrogen-bond donors (Lipinski definition) is 1. The number of nitrogens with two attached hydrogens (primary N) is 1. The van der Waals surface area contributed by atoms with Crippen LogP contribution in [0, 0.1) is 11.8 Å². The average Bonchev–Trinajstić information content (AvgIpc) is 2.80. The quantitative estimate of drug-likeness (QED) is 0.333. The molecule has 1 aromatic carbocycles. The van der Waals surface area contributed by atoms with Crippen molar-refractivity contribution in [1.29, 1.82) is 0 Å².